The summed E-state index contributed by atoms with van der Waals surface area (Å²) in [6.45, 7) is 3.82. The Hall–Kier alpha value is -2.57. The number of ether oxygens (including phenoxy) is 2. The first-order chi connectivity index (χ1) is 12.9. The average molecular weight is 374 g/mol. The zero-order valence-corrected chi connectivity index (χ0v) is 15.8. The van der Waals surface area contributed by atoms with Crippen molar-refractivity contribution in [1.29, 1.82) is 0 Å². The fraction of sp³-hybridized carbons (Fsp3) is 0.550. The molecule has 1 N–H and O–H groups in total. The van der Waals surface area contributed by atoms with Gasteiger partial charge in [0.1, 0.15) is 31.0 Å². The van der Waals surface area contributed by atoms with Crippen LogP contribution in [0.2, 0.25) is 0 Å². The van der Waals surface area contributed by atoms with Gasteiger partial charge in [-0.15, -0.1) is 0 Å². The molecule has 2 fully saturated rings. The number of amides is 3. The SMILES string of the molecule is Cc1cccc(OCCOC(=O)CN2C(=O)N[C@@]3(CCCC[C@@H]3C)C2=O)c1. The van der Waals surface area contributed by atoms with E-state index in [1.807, 2.05) is 38.1 Å². The molecular weight excluding hydrogens is 348 g/mol. The quantitative estimate of drug-likeness (QED) is 0.470. The standard InChI is InChI=1S/C20H26N2O5/c1-14-6-5-8-16(12-14)26-10-11-27-17(23)13-22-18(24)20(21-19(22)25)9-4-3-7-15(20)2/h5-6,8,12,15H,3-4,7,9-11,13H2,1-2H3,(H,21,25)/t15-,20+/m0/s1. The molecule has 1 aliphatic carbocycles. The molecule has 1 aliphatic heterocycles. The fourth-order valence-corrected chi connectivity index (χ4v) is 3.83. The normalized spacial score (nSPS) is 24.8. The number of nitrogens with one attached hydrogen (secondary N) is 1. The smallest absolute Gasteiger partial charge is 0.326 e. The number of hydrogen-bond donors (Lipinski definition) is 1. The summed E-state index contributed by atoms with van der Waals surface area (Å²) in [4.78, 5) is 38.1. The number of aryl methyl sites for hydroxylation is 1. The highest BCUT2D eigenvalue weighted by atomic mass is 16.6. The summed E-state index contributed by atoms with van der Waals surface area (Å²) >= 11 is 0. The van der Waals surface area contributed by atoms with E-state index in [0.717, 1.165) is 29.7 Å². The summed E-state index contributed by atoms with van der Waals surface area (Å²) in [7, 11) is 0. The maximum atomic E-state index is 12.8. The molecular formula is C20H26N2O5. The van der Waals surface area contributed by atoms with E-state index in [1.54, 1.807) is 0 Å². The van der Waals surface area contributed by atoms with Crippen molar-refractivity contribution in [1.82, 2.24) is 10.2 Å². The Morgan fingerprint density at radius 2 is 2.11 bits per heavy atom. The largest absolute Gasteiger partial charge is 0.490 e. The molecule has 0 unspecified atom stereocenters. The van der Waals surface area contributed by atoms with Crippen molar-refractivity contribution in [3.8, 4) is 5.75 Å². The number of carbonyl (C=O) groups is 3. The fourth-order valence-electron chi connectivity index (χ4n) is 3.83. The third-order valence-corrected chi connectivity index (χ3v) is 5.39. The molecule has 2 aliphatic rings. The molecule has 1 saturated heterocycles. The zero-order chi connectivity index (χ0) is 19.4. The predicted octanol–water partition coefficient (Wildman–Crippen LogP) is 2.42. The van der Waals surface area contributed by atoms with E-state index in [0.29, 0.717) is 12.2 Å². The molecule has 1 aromatic rings. The summed E-state index contributed by atoms with van der Waals surface area (Å²) in [5.74, 6) is -0.167. The molecule has 7 heteroatoms. The topological polar surface area (TPSA) is 84.9 Å². The molecule has 1 saturated carbocycles. The van der Waals surface area contributed by atoms with Gasteiger partial charge in [0.15, 0.2) is 0 Å². The van der Waals surface area contributed by atoms with Gasteiger partial charge >= 0.3 is 12.0 Å². The summed E-state index contributed by atoms with van der Waals surface area (Å²) in [6.07, 6.45) is 3.45. The maximum absolute atomic E-state index is 12.8. The lowest BCUT2D eigenvalue weighted by Crippen LogP contribution is -2.54. The van der Waals surface area contributed by atoms with Gasteiger partial charge in [-0.25, -0.2) is 4.79 Å². The highest BCUT2D eigenvalue weighted by Gasteiger charge is 2.55. The van der Waals surface area contributed by atoms with Gasteiger partial charge in [-0.3, -0.25) is 14.5 Å². The molecule has 27 heavy (non-hydrogen) atoms. The van der Waals surface area contributed by atoms with Crippen LogP contribution in [0, 0.1) is 12.8 Å². The average Bonchev–Trinajstić information content (AvgIpc) is 2.86. The van der Waals surface area contributed by atoms with Crippen molar-refractivity contribution in [2.24, 2.45) is 5.92 Å². The molecule has 2 atom stereocenters. The second-order valence-electron chi connectivity index (χ2n) is 7.33. The first-order valence-corrected chi connectivity index (χ1v) is 9.41. The highest BCUT2D eigenvalue weighted by molar-refractivity contribution is 6.08. The first kappa shape index (κ1) is 19.2. The van der Waals surface area contributed by atoms with Crippen molar-refractivity contribution in [2.75, 3.05) is 19.8 Å². The summed E-state index contributed by atoms with van der Waals surface area (Å²) in [5, 5.41) is 2.82. The molecule has 7 nitrogen and oxygen atoms in total. The molecule has 3 rings (SSSR count). The molecule has 0 aromatic heterocycles. The molecule has 1 aromatic carbocycles. The number of benzene rings is 1. The summed E-state index contributed by atoms with van der Waals surface area (Å²) in [6, 6.07) is 7.05. The number of nitrogens with zero attached hydrogens (tertiary/aromatic N) is 1. The van der Waals surface area contributed by atoms with Gasteiger partial charge in [0.25, 0.3) is 5.91 Å². The Balaban J connectivity index is 1.47. The second kappa shape index (κ2) is 7.98. The van der Waals surface area contributed by atoms with Crippen LogP contribution in [0.15, 0.2) is 24.3 Å². The minimum Gasteiger partial charge on any atom is -0.490 e. The van der Waals surface area contributed by atoms with E-state index in [9.17, 15) is 14.4 Å². The molecule has 3 amide bonds. The molecule has 0 radical (unpaired) electrons. The number of imide groups is 1. The lowest BCUT2D eigenvalue weighted by molar-refractivity contribution is -0.149. The van der Waals surface area contributed by atoms with Crippen molar-refractivity contribution < 1.29 is 23.9 Å². The Bertz CT molecular complexity index is 735. The molecule has 1 spiro atoms. The number of carbonyl (C=O) groups excluding carboxylic acids is 3. The van der Waals surface area contributed by atoms with Crippen LogP contribution in [0.25, 0.3) is 0 Å². The highest BCUT2D eigenvalue weighted by Crippen LogP contribution is 2.38. The van der Waals surface area contributed by atoms with E-state index in [1.165, 1.54) is 0 Å². The second-order valence-corrected chi connectivity index (χ2v) is 7.33. The predicted molar refractivity (Wildman–Crippen MR) is 98.2 cm³/mol. The minimum atomic E-state index is -0.857. The third-order valence-electron chi connectivity index (χ3n) is 5.39. The van der Waals surface area contributed by atoms with Crippen LogP contribution in [0.1, 0.15) is 38.2 Å². The number of esters is 1. The van der Waals surface area contributed by atoms with Gasteiger partial charge < -0.3 is 14.8 Å². The molecule has 0 bridgehead atoms. The first-order valence-electron chi connectivity index (χ1n) is 9.41. The van der Waals surface area contributed by atoms with E-state index >= 15 is 0 Å². The van der Waals surface area contributed by atoms with E-state index in [4.69, 9.17) is 9.47 Å². The number of hydrogen-bond acceptors (Lipinski definition) is 5. The van der Waals surface area contributed by atoms with Crippen LogP contribution in [0.4, 0.5) is 4.79 Å². The van der Waals surface area contributed by atoms with Crippen molar-refractivity contribution in [3.05, 3.63) is 29.8 Å². The van der Waals surface area contributed by atoms with Crippen molar-refractivity contribution in [2.45, 2.75) is 45.1 Å². The third kappa shape index (κ3) is 4.07. The van der Waals surface area contributed by atoms with Gasteiger partial charge in [-0.2, -0.15) is 0 Å². The zero-order valence-electron chi connectivity index (χ0n) is 15.8. The van der Waals surface area contributed by atoms with E-state index in [2.05, 4.69) is 5.32 Å². The lowest BCUT2D eigenvalue weighted by Gasteiger charge is -2.36. The van der Waals surface area contributed by atoms with Crippen molar-refractivity contribution >= 4 is 17.9 Å². The van der Waals surface area contributed by atoms with Crippen LogP contribution >= 0.6 is 0 Å². The number of urea groups is 1. The van der Waals surface area contributed by atoms with Gasteiger partial charge in [-0.05, 0) is 43.4 Å². The van der Waals surface area contributed by atoms with E-state index < -0.39 is 17.5 Å². The Labute approximate surface area is 159 Å². The lowest BCUT2D eigenvalue weighted by atomic mass is 9.73. The van der Waals surface area contributed by atoms with Crippen molar-refractivity contribution in [3.63, 3.8) is 0 Å². The van der Waals surface area contributed by atoms with Gasteiger partial charge in [-0.1, -0.05) is 31.9 Å². The molecule has 1 heterocycles. The summed E-state index contributed by atoms with van der Waals surface area (Å²) < 4.78 is 10.6. The van der Waals surface area contributed by atoms with Gasteiger partial charge in [0.05, 0.1) is 0 Å². The Morgan fingerprint density at radius 1 is 1.30 bits per heavy atom. The number of rotatable bonds is 6. The van der Waals surface area contributed by atoms with Crippen LogP contribution in [0.5, 0.6) is 5.75 Å². The summed E-state index contributed by atoms with van der Waals surface area (Å²) in [5.41, 5.74) is 0.220. The van der Waals surface area contributed by atoms with E-state index in [-0.39, 0.29) is 31.6 Å². The van der Waals surface area contributed by atoms with Gasteiger partial charge in [0, 0.05) is 0 Å². The minimum absolute atomic E-state index is 0.0535. The molecule has 146 valence electrons. The maximum Gasteiger partial charge on any atom is 0.326 e. The van der Waals surface area contributed by atoms with Crippen LogP contribution in [-0.2, 0) is 14.3 Å². The van der Waals surface area contributed by atoms with Crippen LogP contribution in [0.3, 0.4) is 0 Å². The van der Waals surface area contributed by atoms with Gasteiger partial charge in [0.2, 0.25) is 0 Å². The monoisotopic (exact) mass is 374 g/mol. The van der Waals surface area contributed by atoms with Crippen LogP contribution in [-0.4, -0.2) is 48.1 Å². The Kier molecular flexibility index (Phi) is 5.68. The Morgan fingerprint density at radius 3 is 2.85 bits per heavy atom. The van der Waals surface area contributed by atoms with Crippen LogP contribution < -0.4 is 10.1 Å².